The van der Waals surface area contributed by atoms with Crippen LogP contribution in [0.1, 0.15) is 23.7 Å². The number of hydrogen-bond acceptors (Lipinski definition) is 3. The molecule has 2 N–H and O–H groups in total. The van der Waals surface area contributed by atoms with Crippen LogP contribution in [0.2, 0.25) is 5.02 Å². The summed E-state index contributed by atoms with van der Waals surface area (Å²) in [7, 11) is 0. The molecule has 0 spiro atoms. The average molecular weight is 306 g/mol. The van der Waals surface area contributed by atoms with E-state index in [1.54, 1.807) is 24.3 Å². The van der Waals surface area contributed by atoms with E-state index < -0.39 is 12.0 Å². The highest BCUT2D eigenvalue weighted by molar-refractivity contribution is 6.31. The van der Waals surface area contributed by atoms with E-state index in [9.17, 15) is 9.90 Å². The molecule has 4 nitrogen and oxygen atoms in total. The lowest BCUT2D eigenvalue weighted by atomic mass is 10.1. The van der Waals surface area contributed by atoms with Gasteiger partial charge >= 0.3 is 0 Å². The number of nitrogens with one attached hydrogen (secondary N) is 1. The van der Waals surface area contributed by atoms with Crippen molar-refractivity contribution in [1.29, 1.82) is 0 Å². The predicted octanol–water partition coefficient (Wildman–Crippen LogP) is 3.01. The van der Waals surface area contributed by atoms with Crippen molar-refractivity contribution in [2.75, 3.05) is 0 Å². The van der Waals surface area contributed by atoms with Crippen LogP contribution in [-0.4, -0.2) is 11.0 Å². The average Bonchev–Trinajstić information content (AvgIpc) is 2.48. The molecule has 110 valence electrons. The van der Waals surface area contributed by atoms with E-state index in [1.165, 1.54) is 0 Å². The zero-order chi connectivity index (χ0) is 15.1. The topological polar surface area (TPSA) is 58.6 Å². The minimum atomic E-state index is -0.959. The highest BCUT2D eigenvalue weighted by Crippen LogP contribution is 2.24. The zero-order valence-corrected chi connectivity index (χ0v) is 12.1. The van der Waals surface area contributed by atoms with E-state index in [2.05, 4.69) is 5.48 Å². The Morgan fingerprint density at radius 2 is 1.81 bits per heavy atom. The smallest absolute Gasteiger partial charge is 0.246 e. The Bertz CT molecular complexity index is 589. The molecular weight excluding hydrogens is 290 g/mol. The van der Waals surface area contributed by atoms with Crippen molar-refractivity contribution in [3.05, 3.63) is 70.7 Å². The van der Waals surface area contributed by atoms with Gasteiger partial charge in [-0.1, -0.05) is 60.1 Å². The molecular formula is C16H16ClNO3. The van der Waals surface area contributed by atoms with Crippen LogP contribution in [0.25, 0.3) is 0 Å². The van der Waals surface area contributed by atoms with Gasteiger partial charge in [0.15, 0.2) is 0 Å². The number of halogens is 1. The quantitative estimate of drug-likeness (QED) is 0.807. The zero-order valence-electron chi connectivity index (χ0n) is 11.3. The third kappa shape index (κ3) is 4.86. The maximum atomic E-state index is 11.7. The van der Waals surface area contributed by atoms with Crippen LogP contribution >= 0.6 is 11.6 Å². The molecule has 2 aromatic rings. The van der Waals surface area contributed by atoms with Crippen LogP contribution in [0, 0.1) is 0 Å². The number of carbonyl (C=O) groups excluding carboxylic acids is 1. The Balaban J connectivity index is 1.78. The summed E-state index contributed by atoms with van der Waals surface area (Å²) in [5.74, 6) is -0.404. The van der Waals surface area contributed by atoms with E-state index in [4.69, 9.17) is 16.4 Å². The fourth-order valence-electron chi connectivity index (χ4n) is 1.85. The molecule has 0 saturated carbocycles. The lowest BCUT2D eigenvalue weighted by Crippen LogP contribution is -2.25. The van der Waals surface area contributed by atoms with E-state index in [-0.39, 0.29) is 13.0 Å². The van der Waals surface area contributed by atoms with Gasteiger partial charge in [0.05, 0.1) is 19.1 Å². The van der Waals surface area contributed by atoms with Crippen molar-refractivity contribution >= 4 is 17.5 Å². The molecule has 1 amide bonds. The molecule has 21 heavy (non-hydrogen) atoms. The highest BCUT2D eigenvalue weighted by Gasteiger charge is 2.15. The fourth-order valence-corrected chi connectivity index (χ4v) is 2.11. The summed E-state index contributed by atoms with van der Waals surface area (Å²) in [5, 5.41) is 10.4. The van der Waals surface area contributed by atoms with E-state index in [1.807, 2.05) is 30.3 Å². The lowest BCUT2D eigenvalue weighted by Gasteiger charge is -2.12. The van der Waals surface area contributed by atoms with Gasteiger partial charge in [-0.05, 0) is 17.2 Å². The summed E-state index contributed by atoms with van der Waals surface area (Å²) in [6.45, 7) is 0.273. The molecule has 0 fully saturated rings. The molecule has 0 radical (unpaired) electrons. The Hall–Kier alpha value is -1.88. The highest BCUT2D eigenvalue weighted by atomic mass is 35.5. The number of aliphatic hydroxyl groups excluding tert-OH is 1. The second-order valence-electron chi connectivity index (χ2n) is 4.54. The molecule has 1 atom stereocenters. The van der Waals surface area contributed by atoms with E-state index >= 15 is 0 Å². The standard InChI is InChI=1S/C16H16ClNO3/c17-14-9-5-4-8-13(14)15(19)10-16(20)18-21-11-12-6-2-1-3-7-12/h1-9,15,19H,10-11H2,(H,18,20)/t15-/m0/s1. The van der Waals surface area contributed by atoms with Gasteiger partial charge in [0.25, 0.3) is 0 Å². The molecule has 5 heteroatoms. The second-order valence-corrected chi connectivity index (χ2v) is 4.95. The van der Waals surface area contributed by atoms with Crippen LogP contribution in [0.3, 0.4) is 0 Å². The van der Waals surface area contributed by atoms with E-state index in [0.29, 0.717) is 10.6 Å². The van der Waals surface area contributed by atoms with Crippen LogP contribution in [0.4, 0.5) is 0 Å². The first-order valence-corrected chi connectivity index (χ1v) is 6.91. The van der Waals surface area contributed by atoms with Gasteiger partial charge in [0.1, 0.15) is 0 Å². The van der Waals surface area contributed by atoms with Gasteiger partial charge in [-0.3, -0.25) is 9.63 Å². The number of hydroxylamine groups is 1. The molecule has 2 rings (SSSR count). The van der Waals surface area contributed by atoms with Crippen molar-refractivity contribution in [3.63, 3.8) is 0 Å². The third-order valence-electron chi connectivity index (χ3n) is 2.91. The Morgan fingerprint density at radius 3 is 2.52 bits per heavy atom. The molecule has 0 aromatic heterocycles. The van der Waals surface area contributed by atoms with E-state index in [0.717, 1.165) is 5.56 Å². The summed E-state index contributed by atoms with van der Waals surface area (Å²) in [4.78, 5) is 16.8. The molecule has 2 aromatic carbocycles. The second kappa shape index (κ2) is 7.78. The van der Waals surface area contributed by atoms with Crippen LogP contribution in [-0.2, 0) is 16.2 Å². The molecule has 0 saturated heterocycles. The summed E-state index contributed by atoms with van der Waals surface area (Å²) in [6.07, 6.45) is -1.07. The molecule has 0 aliphatic carbocycles. The number of aliphatic hydroxyl groups is 1. The van der Waals surface area contributed by atoms with Crippen molar-refractivity contribution in [2.45, 2.75) is 19.1 Å². The molecule has 0 unspecified atom stereocenters. The van der Waals surface area contributed by atoms with Gasteiger partial charge in [-0.25, -0.2) is 5.48 Å². The normalized spacial score (nSPS) is 11.9. The van der Waals surface area contributed by atoms with Crippen LogP contribution < -0.4 is 5.48 Å². The fraction of sp³-hybridized carbons (Fsp3) is 0.188. The van der Waals surface area contributed by atoms with Crippen molar-refractivity contribution < 1.29 is 14.7 Å². The van der Waals surface area contributed by atoms with Crippen molar-refractivity contribution in [1.82, 2.24) is 5.48 Å². The summed E-state index contributed by atoms with van der Waals surface area (Å²) < 4.78 is 0. The van der Waals surface area contributed by atoms with Gasteiger partial charge in [0, 0.05) is 5.02 Å². The minimum Gasteiger partial charge on any atom is -0.388 e. The summed E-state index contributed by atoms with van der Waals surface area (Å²) >= 11 is 5.96. The maximum absolute atomic E-state index is 11.7. The van der Waals surface area contributed by atoms with Crippen molar-refractivity contribution in [3.8, 4) is 0 Å². The monoisotopic (exact) mass is 305 g/mol. The van der Waals surface area contributed by atoms with Gasteiger partial charge < -0.3 is 5.11 Å². The Labute approximate surface area is 128 Å². The number of rotatable bonds is 6. The maximum Gasteiger partial charge on any atom is 0.246 e. The molecule has 0 heterocycles. The van der Waals surface area contributed by atoms with Gasteiger partial charge in [0.2, 0.25) is 5.91 Å². The number of hydrogen-bond donors (Lipinski definition) is 2. The Kier molecular flexibility index (Phi) is 5.75. The summed E-state index contributed by atoms with van der Waals surface area (Å²) in [5.41, 5.74) is 3.78. The van der Waals surface area contributed by atoms with Crippen molar-refractivity contribution in [2.24, 2.45) is 0 Å². The number of carbonyl (C=O) groups is 1. The first-order chi connectivity index (χ1) is 10.2. The van der Waals surface area contributed by atoms with Crippen LogP contribution in [0.15, 0.2) is 54.6 Å². The van der Waals surface area contributed by atoms with Gasteiger partial charge in [-0.15, -0.1) is 0 Å². The lowest BCUT2D eigenvalue weighted by molar-refractivity contribution is -0.136. The molecule has 0 aliphatic rings. The molecule has 0 aliphatic heterocycles. The predicted molar refractivity (Wildman–Crippen MR) is 80.4 cm³/mol. The summed E-state index contributed by atoms with van der Waals surface area (Å²) in [6, 6.07) is 16.4. The van der Waals surface area contributed by atoms with Gasteiger partial charge in [-0.2, -0.15) is 0 Å². The minimum absolute atomic E-state index is 0.113. The number of benzene rings is 2. The SMILES string of the molecule is O=C(C[C@H](O)c1ccccc1Cl)NOCc1ccccc1. The first-order valence-electron chi connectivity index (χ1n) is 6.54. The third-order valence-corrected chi connectivity index (χ3v) is 3.25. The van der Waals surface area contributed by atoms with Crippen LogP contribution in [0.5, 0.6) is 0 Å². The Morgan fingerprint density at radius 1 is 1.14 bits per heavy atom. The molecule has 0 bridgehead atoms. The first kappa shape index (κ1) is 15.5. The number of amides is 1. The largest absolute Gasteiger partial charge is 0.388 e.